The molecule has 7 nitrogen and oxygen atoms in total. The zero-order valence-electron chi connectivity index (χ0n) is 15.1. The molecule has 1 N–H and O–H groups in total. The topological polar surface area (TPSA) is 105 Å². The van der Waals surface area contributed by atoms with Crippen LogP contribution in [-0.2, 0) is 16.0 Å². The monoisotopic (exact) mass is 375 g/mol. The summed E-state index contributed by atoms with van der Waals surface area (Å²) in [6.45, 7) is 1.16. The Morgan fingerprint density at radius 1 is 1.14 bits per heavy atom. The lowest BCUT2D eigenvalue weighted by Crippen LogP contribution is -2.21. The minimum Gasteiger partial charge on any atom is -0.451 e. The Morgan fingerprint density at radius 2 is 1.86 bits per heavy atom. The van der Waals surface area contributed by atoms with E-state index >= 15 is 0 Å². The molecule has 1 heterocycles. The van der Waals surface area contributed by atoms with Gasteiger partial charge in [-0.05, 0) is 36.8 Å². The molecule has 0 bridgehead atoms. The number of esters is 1. The van der Waals surface area contributed by atoms with Gasteiger partial charge in [0.1, 0.15) is 5.76 Å². The summed E-state index contributed by atoms with van der Waals surface area (Å²) in [7, 11) is 0. The van der Waals surface area contributed by atoms with Crippen molar-refractivity contribution in [3.05, 3.63) is 71.6 Å². The normalized spacial score (nSPS) is 10.1. The van der Waals surface area contributed by atoms with Crippen molar-refractivity contribution in [1.82, 2.24) is 4.98 Å². The zero-order chi connectivity index (χ0) is 19.9. The van der Waals surface area contributed by atoms with E-state index in [9.17, 15) is 9.59 Å². The summed E-state index contributed by atoms with van der Waals surface area (Å²) in [6.07, 6.45) is 0.299. The fraction of sp³-hybridized carbons (Fsp3) is 0.143. The van der Waals surface area contributed by atoms with Gasteiger partial charge in [0.25, 0.3) is 5.91 Å². The summed E-state index contributed by atoms with van der Waals surface area (Å²) in [5, 5.41) is 11.3. The third-order valence-electron chi connectivity index (χ3n) is 3.87. The molecule has 1 aromatic heterocycles. The van der Waals surface area contributed by atoms with Crippen molar-refractivity contribution in [2.45, 2.75) is 13.3 Å². The van der Waals surface area contributed by atoms with Crippen LogP contribution in [0.4, 0.5) is 5.69 Å². The Morgan fingerprint density at radius 3 is 2.54 bits per heavy atom. The van der Waals surface area contributed by atoms with Gasteiger partial charge in [0.2, 0.25) is 5.89 Å². The fourth-order valence-corrected chi connectivity index (χ4v) is 2.48. The van der Waals surface area contributed by atoms with E-state index in [0.29, 0.717) is 23.8 Å². The summed E-state index contributed by atoms with van der Waals surface area (Å²) in [5.74, 6) is -0.585. The van der Waals surface area contributed by atoms with E-state index in [-0.39, 0.29) is 5.69 Å². The van der Waals surface area contributed by atoms with Crippen LogP contribution < -0.4 is 5.32 Å². The van der Waals surface area contributed by atoms with E-state index < -0.39 is 18.5 Å². The van der Waals surface area contributed by atoms with Crippen LogP contribution in [0.2, 0.25) is 0 Å². The maximum Gasteiger partial charge on any atom is 0.361 e. The lowest BCUT2D eigenvalue weighted by Gasteiger charge is -2.06. The molecular weight excluding hydrogens is 358 g/mol. The summed E-state index contributed by atoms with van der Waals surface area (Å²) in [6, 6.07) is 18.1. The number of hydrogen-bond donors (Lipinski definition) is 1. The second-order valence-electron chi connectivity index (χ2n) is 5.95. The van der Waals surface area contributed by atoms with Gasteiger partial charge in [-0.3, -0.25) is 4.79 Å². The number of hydrogen-bond acceptors (Lipinski definition) is 6. The van der Waals surface area contributed by atoms with Crippen LogP contribution in [0, 0.1) is 18.3 Å². The van der Waals surface area contributed by atoms with Crippen molar-refractivity contribution in [2.75, 3.05) is 11.9 Å². The molecule has 7 heteroatoms. The number of ether oxygens (including phenoxy) is 1. The van der Waals surface area contributed by atoms with E-state index in [1.54, 1.807) is 31.2 Å². The Kier molecular flexibility index (Phi) is 5.82. The van der Waals surface area contributed by atoms with E-state index in [2.05, 4.69) is 16.4 Å². The van der Waals surface area contributed by atoms with Crippen LogP contribution in [0.25, 0.3) is 11.5 Å². The zero-order valence-corrected chi connectivity index (χ0v) is 15.1. The molecule has 0 spiro atoms. The van der Waals surface area contributed by atoms with Gasteiger partial charge in [-0.2, -0.15) is 5.26 Å². The molecule has 3 rings (SSSR count). The van der Waals surface area contributed by atoms with Gasteiger partial charge in [-0.1, -0.05) is 30.3 Å². The van der Waals surface area contributed by atoms with Gasteiger partial charge in [-0.15, -0.1) is 0 Å². The molecule has 3 aromatic rings. The van der Waals surface area contributed by atoms with Crippen molar-refractivity contribution in [3.8, 4) is 17.5 Å². The third-order valence-corrected chi connectivity index (χ3v) is 3.87. The number of carbonyl (C=O) groups excluding carboxylic acids is 2. The maximum absolute atomic E-state index is 12.2. The first kappa shape index (κ1) is 18.9. The van der Waals surface area contributed by atoms with Crippen LogP contribution in [0.15, 0.2) is 59.0 Å². The van der Waals surface area contributed by atoms with Crippen LogP contribution >= 0.6 is 0 Å². The maximum atomic E-state index is 12.2. The summed E-state index contributed by atoms with van der Waals surface area (Å²) in [4.78, 5) is 28.4. The number of rotatable bonds is 6. The summed E-state index contributed by atoms with van der Waals surface area (Å²) in [5.41, 5.74) is 2.17. The molecule has 0 fully saturated rings. The highest BCUT2D eigenvalue weighted by Crippen LogP contribution is 2.21. The lowest BCUT2D eigenvalue weighted by molar-refractivity contribution is -0.119. The van der Waals surface area contributed by atoms with Gasteiger partial charge in [0, 0.05) is 11.3 Å². The lowest BCUT2D eigenvalue weighted by atomic mass is 10.1. The molecule has 2 aromatic carbocycles. The molecule has 0 saturated heterocycles. The van der Waals surface area contributed by atoms with Crippen LogP contribution in [0.5, 0.6) is 0 Å². The van der Waals surface area contributed by atoms with Crippen LogP contribution in [-0.4, -0.2) is 23.5 Å². The molecular formula is C21H17N3O4. The van der Waals surface area contributed by atoms with Crippen molar-refractivity contribution >= 4 is 17.6 Å². The number of nitrogens with one attached hydrogen (secondary N) is 1. The molecule has 0 unspecified atom stereocenters. The number of oxazole rings is 1. The number of carbonyl (C=O) groups is 2. The highest BCUT2D eigenvalue weighted by molar-refractivity contribution is 5.95. The first-order valence-electron chi connectivity index (χ1n) is 8.52. The number of aryl methyl sites for hydroxylation is 1. The second kappa shape index (κ2) is 8.64. The quantitative estimate of drug-likeness (QED) is 0.661. The Balaban J connectivity index is 1.57. The van der Waals surface area contributed by atoms with E-state index in [1.165, 1.54) is 0 Å². The Labute approximate surface area is 161 Å². The highest BCUT2D eigenvalue weighted by atomic mass is 16.5. The highest BCUT2D eigenvalue weighted by Gasteiger charge is 2.20. The van der Waals surface area contributed by atoms with E-state index in [1.807, 2.05) is 30.3 Å². The minimum atomic E-state index is -0.733. The summed E-state index contributed by atoms with van der Waals surface area (Å²) >= 11 is 0. The molecule has 0 saturated carbocycles. The van der Waals surface area contributed by atoms with Crippen LogP contribution in [0.3, 0.4) is 0 Å². The predicted octanol–water partition coefficient (Wildman–Crippen LogP) is 3.51. The number of nitrogens with zero attached hydrogens (tertiary/aromatic N) is 2. The molecule has 1 amide bonds. The van der Waals surface area contributed by atoms with Gasteiger partial charge in [-0.25, -0.2) is 9.78 Å². The largest absolute Gasteiger partial charge is 0.451 e. The molecule has 0 aliphatic rings. The first-order valence-corrected chi connectivity index (χ1v) is 8.52. The fourth-order valence-electron chi connectivity index (χ4n) is 2.48. The molecule has 0 aliphatic heterocycles. The molecule has 28 heavy (non-hydrogen) atoms. The molecule has 0 aliphatic carbocycles. The van der Waals surface area contributed by atoms with Crippen molar-refractivity contribution < 1.29 is 18.7 Å². The predicted molar refractivity (Wildman–Crippen MR) is 101 cm³/mol. The molecule has 0 atom stereocenters. The third kappa shape index (κ3) is 4.62. The Hall–Kier alpha value is -3.92. The first-order chi connectivity index (χ1) is 13.6. The second-order valence-corrected chi connectivity index (χ2v) is 5.95. The number of aromatic nitrogens is 1. The number of benzene rings is 2. The van der Waals surface area contributed by atoms with E-state index in [4.69, 9.17) is 14.4 Å². The van der Waals surface area contributed by atoms with Gasteiger partial charge in [0.15, 0.2) is 12.3 Å². The number of amides is 1. The molecule has 140 valence electrons. The van der Waals surface area contributed by atoms with Gasteiger partial charge < -0.3 is 14.5 Å². The van der Waals surface area contributed by atoms with Crippen molar-refractivity contribution in [2.24, 2.45) is 0 Å². The summed E-state index contributed by atoms with van der Waals surface area (Å²) < 4.78 is 10.6. The van der Waals surface area contributed by atoms with Crippen molar-refractivity contribution in [1.29, 1.82) is 5.26 Å². The number of anilines is 1. The minimum absolute atomic E-state index is 0.0347. The van der Waals surface area contributed by atoms with Crippen LogP contribution in [0.1, 0.15) is 21.8 Å². The standard InChI is InChI=1S/C21H17N3O4/c1-14-19(24-20(28-14)16-5-3-2-4-6-16)21(26)27-13-18(25)23-17-9-7-15(8-10-17)11-12-22/h2-10H,11,13H2,1H3,(H,23,25). The smallest absolute Gasteiger partial charge is 0.361 e. The van der Waals surface area contributed by atoms with E-state index in [0.717, 1.165) is 11.1 Å². The van der Waals surface area contributed by atoms with Gasteiger partial charge in [0.05, 0.1) is 12.5 Å². The SMILES string of the molecule is Cc1oc(-c2ccccc2)nc1C(=O)OCC(=O)Nc1ccc(CC#N)cc1. The average molecular weight is 375 g/mol. The van der Waals surface area contributed by atoms with Gasteiger partial charge >= 0.3 is 5.97 Å². The van der Waals surface area contributed by atoms with Crippen molar-refractivity contribution in [3.63, 3.8) is 0 Å². The molecule has 0 radical (unpaired) electrons. The number of nitriles is 1. The Bertz CT molecular complexity index is 1020. The average Bonchev–Trinajstić information content (AvgIpc) is 3.10.